The summed E-state index contributed by atoms with van der Waals surface area (Å²) in [4.78, 5) is 15.7. The third-order valence-electron chi connectivity index (χ3n) is 3.51. The Labute approximate surface area is 119 Å². The summed E-state index contributed by atoms with van der Waals surface area (Å²) in [5.41, 5.74) is 0.452. The molecule has 110 valence electrons. The lowest BCUT2D eigenvalue weighted by Crippen LogP contribution is -2.21. The summed E-state index contributed by atoms with van der Waals surface area (Å²) in [6, 6.07) is 3.42. The van der Waals surface area contributed by atoms with Crippen molar-refractivity contribution in [3.05, 3.63) is 23.9 Å². The number of pyridine rings is 1. The van der Waals surface area contributed by atoms with Gasteiger partial charge in [0.15, 0.2) is 0 Å². The molecule has 0 bridgehead atoms. The zero-order chi connectivity index (χ0) is 14.2. The molecule has 0 amide bonds. The van der Waals surface area contributed by atoms with Crippen LogP contribution in [0.15, 0.2) is 18.3 Å². The van der Waals surface area contributed by atoms with Gasteiger partial charge in [-0.2, -0.15) is 0 Å². The Morgan fingerprint density at radius 1 is 1.40 bits per heavy atom. The molecule has 0 saturated heterocycles. The second-order valence-electron chi connectivity index (χ2n) is 4.95. The quantitative estimate of drug-likeness (QED) is 0.640. The van der Waals surface area contributed by atoms with Gasteiger partial charge in [0.1, 0.15) is 11.4 Å². The number of aromatic nitrogens is 1. The van der Waals surface area contributed by atoms with Gasteiger partial charge in [0.25, 0.3) is 0 Å². The van der Waals surface area contributed by atoms with Crippen molar-refractivity contribution < 1.29 is 14.3 Å². The van der Waals surface area contributed by atoms with Crippen molar-refractivity contribution in [1.82, 2.24) is 4.98 Å². The maximum absolute atomic E-state index is 11.6. The molecule has 0 spiro atoms. The molecular formula is C15H22N2O3. The maximum atomic E-state index is 11.6. The molecule has 2 rings (SSSR count). The predicted molar refractivity (Wildman–Crippen MR) is 76.9 cm³/mol. The van der Waals surface area contributed by atoms with Gasteiger partial charge in [-0.15, -0.1) is 0 Å². The Morgan fingerprint density at radius 3 is 2.95 bits per heavy atom. The number of methoxy groups -OCH3 is 1. The molecule has 1 aliphatic rings. The Morgan fingerprint density at radius 2 is 2.20 bits per heavy atom. The molecule has 1 aromatic rings. The molecule has 5 heteroatoms. The van der Waals surface area contributed by atoms with Crippen LogP contribution in [0.2, 0.25) is 0 Å². The van der Waals surface area contributed by atoms with Crippen LogP contribution in [0.3, 0.4) is 0 Å². The highest BCUT2D eigenvalue weighted by molar-refractivity contribution is 5.94. The van der Waals surface area contributed by atoms with Gasteiger partial charge in [0.2, 0.25) is 0 Å². The Bertz CT molecular complexity index is 431. The SMILES string of the molecule is COC(=O)c1cccnc1NCCOC1CCCCC1. The summed E-state index contributed by atoms with van der Waals surface area (Å²) in [5, 5.41) is 3.13. The van der Waals surface area contributed by atoms with Crippen molar-refractivity contribution in [1.29, 1.82) is 0 Å². The highest BCUT2D eigenvalue weighted by atomic mass is 16.5. The molecule has 1 saturated carbocycles. The van der Waals surface area contributed by atoms with E-state index < -0.39 is 0 Å². The van der Waals surface area contributed by atoms with E-state index in [1.807, 2.05) is 0 Å². The van der Waals surface area contributed by atoms with Gasteiger partial charge in [-0.05, 0) is 25.0 Å². The van der Waals surface area contributed by atoms with Crippen LogP contribution in [-0.2, 0) is 9.47 Å². The van der Waals surface area contributed by atoms with Crippen LogP contribution in [0.5, 0.6) is 0 Å². The molecule has 1 fully saturated rings. The fourth-order valence-electron chi connectivity index (χ4n) is 2.45. The zero-order valence-corrected chi connectivity index (χ0v) is 11.9. The lowest BCUT2D eigenvalue weighted by molar-refractivity contribution is 0.0347. The van der Waals surface area contributed by atoms with Crippen LogP contribution in [0.25, 0.3) is 0 Å². The number of carbonyl (C=O) groups is 1. The summed E-state index contributed by atoms with van der Waals surface area (Å²) >= 11 is 0. The van der Waals surface area contributed by atoms with Gasteiger partial charge in [0, 0.05) is 12.7 Å². The molecule has 5 nitrogen and oxygen atoms in total. The van der Waals surface area contributed by atoms with E-state index in [2.05, 4.69) is 10.3 Å². The number of hydrogen-bond acceptors (Lipinski definition) is 5. The average Bonchev–Trinajstić information content (AvgIpc) is 2.52. The van der Waals surface area contributed by atoms with Gasteiger partial charge >= 0.3 is 5.97 Å². The zero-order valence-electron chi connectivity index (χ0n) is 11.9. The van der Waals surface area contributed by atoms with E-state index in [-0.39, 0.29) is 5.97 Å². The minimum atomic E-state index is -0.381. The van der Waals surface area contributed by atoms with E-state index in [0.717, 1.165) is 12.8 Å². The van der Waals surface area contributed by atoms with Gasteiger partial charge in [-0.1, -0.05) is 19.3 Å². The Hall–Kier alpha value is -1.62. The largest absolute Gasteiger partial charge is 0.465 e. The number of ether oxygens (including phenoxy) is 2. The first-order valence-electron chi connectivity index (χ1n) is 7.20. The number of anilines is 1. The van der Waals surface area contributed by atoms with Gasteiger partial charge < -0.3 is 14.8 Å². The van der Waals surface area contributed by atoms with Crippen molar-refractivity contribution in [2.75, 3.05) is 25.6 Å². The van der Waals surface area contributed by atoms with E-state index >= 15 is 0 Å². The van der Waals surface area contributed by atoms with E-state index in [0.29, 0.717) is 30.6 Å². The summed E-state index contributed by atoms with van der Waals surface area (Å²) in [6.07, 6.45) is 8.24. The Kier molecular flexibility index (Phi) is 5.80. The molecule has 20 heavy (non-hydrogen) atoms. The standard InChI is InChI=1S/C15H22N2O3/c1-19-15(18)13-8-5-9-16-14(13)17-10-11-20-12-6-3-2-4-7-12/h5,8-9,12H,2-4,6-7,10-11H2,1H3,(H,16,17). The number of nitrogens with zero attached hydrogens (tertiary/aromatic N) is 1. The maximum Gasteiger partial charge on any atom is 0.341 e. The summed E-state index contributed by atoms with van der Waals surface area (Å²) in [7, 11) is 1.37. The number of carbonyl (C=O) groups excluding carboxylic acids is 1. The highest BCUT2D eigenvalue weighted by Gasteiger charge is 2.14. The van der Waals surface area contributed by atoms with Gasteiger partial charge in [-0.25, -0.2) is 9.78 Å². The normalized spacial score (nSPS) is 15.8. The lowest BCUT2D eigenvalue weighted by atomic mass is 9.98. The summed E-state index contributed by atoms with van der Waals surface area (Å²) in [5.74, 6) is 0.167. The number of hydrogen-bond donors (Lipinski definition) is 1. The van der Waals surface area contributed by atoms with Crippen molar-refractivity contribution in [2.45, 2.75) is 38.2 Å². The third kappa shape index (κ3) is 4.20. The van der Waals surface area contributed by atoms with Crippen LogP contribution in [0.1, 0.15) is 42.5 Å². The van der Waals surface area contributed by atoms with E-state index in [1.165, 1.54) is 26.4 Å². The molecule has 0 atom stereocenters. The number of esters is 1. The first-order valence-corrected chi connectivity index (χ1v) is 7.20. The first-order chi connectivity index (χ1) is 9.81. The molecule has 1 N–H and O–H groups in total. The van der Waals surface area contributed by atoms with Crippen molar-refractivity contribution in [2.24, 2.45) is 0 Å². The molecule has 1 heterocycles. The van der Waals surface area contributed by atoms with Gasteiger partial charge in [0.05, 0.1) is 19.8 Å². The van der Waals surface area contributed by atoms with Crippen molar-refractivity contribution in [3.8, 4) is 0 Å². The first kappa shape index (κ1) is 14.8. The van der Waals surface area contributed by atoms with E-state index in [4.69, 9.17) is 9.47 Å². The van der Waals surface area contributed by atoms with Crippen LogP contribution in [-0.4, -0.2) is 37.3 Å². The smallest absolute Gasteiger partial charge is 0.341 e. The third-order valence-corrected chi connectivity index (χ3v) is 3.51. The van der Waals surface area contributed by atoms with Crippen molar-refractivity contribution >= 4 is 11.8 Å². The van der Waals surface area contributed by atoms with Gasteiger partial charge in [-0.3, -0.25) is 0 Å². The van der Waals surface area contributed by atoms with E-state index in [9.17, 15) is 4.79 Å². The van der Waals surface area contributed by atoms with Crippen LogP contribution in [0, 0.1) is 0 Å². The summed E-state index contributed by atoms with van der Waals surface area (Å²) in [6.45, 7) is 1.26. The van der Waals surface area contributed by atoms with Crippen LogP contribution < -0.4 is 5.32 Å². The number of nitrogens with one attached hydrogen (secondary N) is 1. The predicted octanol–water partition coefficient (Wildman–Crippen LogP) is 2.63. The molecule has 0 aliphatic heterocycles. The molecule has 1 aliphatic carbocycles. The molecule has 1 aromatic heterocycles. The highest BCUT2D eigenvalue weighted by Crippen LogP contribution is 2.20. The molecule has 0 unspecified atom stereocenters. The minimum Gasteiger partial charge on any atom is -0.465 e. The van der Waals surface area contributed by atoms with Crippen LogP contribution in [0.4, 0.5) is 5.82 Å². The second kappa shape index (κ2) is 7.85. The van der Waals surface area contributed by atoms with E-state index in [1.54, 1.807) is 18.3 Å². The number of rotatable bonds is 6. The minimum absolute atomic E-state index is 0.381. The monoisotopic (exact) mass is 278 g/mol. The lowest BCUT2D eigenvalue weighted by Gasteiger charge is -2.22. The topological polar surface area (TPSA) is 60.5 Å². The molecule has 0 aromatic carbocycles. The fourth-order valence-corrected chi connectivity index (χ4v) is 2.45. The molecular weight excluding hydrogens is 256 g/mol. The Balaban J connectivity index is 1.77. The summed E-state index contributed by atoms with van der Waals surface area (Å²) < 4.78 is 10.6. The fraction of sp³-hybridized carbons (Fsp3) is 0.600. The molecule has 0 radical (unpaired) electrons. The second-order valence-corrected chi connectivity index (χ2v) is 4.95. The van der Waals surface area contributed by atoms with Crippen molar-refractivity contribution in [3.63, 3.8) is 0 Å². The van der Waals surface area contributed by atoms with Crippen LogP contribution >= 0.6 is 0 Å². The average molecular weight is 278 g/mol.